The van der Waals surface area contributed by atoms with Crippen molar-refractivity contribution in [3.63, 3.8) is 0 Å². The van der Waals surface area contributed by atoms with Gasteiger partial charge in [-0.25, -0.2) is 4.79 Å². The first-order valence-corrected chi connectivity index (χ1v) is 3.87. The smallest absolute Gasteiger partial charge is 0.373 e. The van der Waals surface area contributed by atoms with Crippen LogP contribution in [0.3, 0.4) is 0 Å². The molecule has 0 aliphatic heterocycles. The van der Waals surface area contributed by atoms with Gasteiger partial charge in [0.1, 0.15) is 6.04 Å². The predicted molar refractivity (Wildman–Crippen MR) is 45.5 cm³/mol. The quantitative estimate of drug-likeness (QED) is 0.372. The zero-order valence-corrected chi connectivity index (χ0v) is 7.34. The predicted octanol–water partition coefficient (Wildman–Crippen LogP) is -1.84. The molecular weight excluding hydrogens is 192 g/mol. The van der Waals surface area contributed by atoms with Crippen molar-refractivity contribution >= 4 is 17.7 Å². The number of hydrogen-bond acceptors (Lipinski definition) is 5. The Labute approximate surface area is 79.7 Å². The van der Waals surface area contributed by atoms with Crippen LogP contribution in [0.15, 0.2) is 0 Å². The van der Waals surface area contributed by atoms with Gasteiger partial charge in [0.25, 0.3) is 5.78 Å². The normalized spacial score (nSPS) is 14.4. The minimum Gasteiger partial charge on any atom is -0.480 e. The number of carboxylic acid groups (broad SMARTS) is 2. The molecule has 0 rings (SSSR count). The Morgan fingerprint density at radius 3 is 1.79 bits per heavy atom. The Bertz CT molecular complexity index is 252. The van der Waals surface area contributed by atoms with Crippen LogP contribution < -0.4 is 11.5 Å². The van der Waals surface area contributed by atoms with Crippen LogP contribution in [-0.2, 0) is 14.4 Å². The average Bonchev–Trinajstić information content (AvgIpc) is 2.11. The van der Waals surface area contributed by atoms with E-state index in [0.717, 1.165) is 0 Å². The summed E-state index contributed by atoms with van der Waals surface area (Å²) in [6.45, 7) is 0. The van der Waals surface area contributed by atoms with Crippen molar-refractivity contribution in [1.82, 2.24) is 0 Å². The largest absolute Gasteiger partial charge is 0.480 e. The second-order valence-electron chi connectivity index (χ2n) is 2.80. The summed E-state index contributed by atoms with van der Waals surface area (Å²) < 4.78 is 0. The number of rotatable bonds is 6. The molecule has 0 amide bonds. The van der Waals surface area contributed by atoms with Crippen molar-refractivity contribution in [2.24, 2.45) is 11.5 Å². The van der Waals surface area contributed by atoms with E-state index in [1.165, 1.54) is 0 Å². The van der Waals surface area contributed by atoms with Gasteiger partial charge in [-0.1, -0.05) is 0 Å². The molecule has 80 valence electrons. The molecule has 0 heterocycles. The number of carboxylic acids is 2. The zero-order chi connectivity index (χ0) is 11.3. The van der Waals surface area contributed by atoms with Crippen molar-refractivity contribution in [3.05, 3.63) is 0 Å². The average molecular weight is 204 g/mol. The molecule has 2 unspecified atom stereocenters. The highest BCUT2D eigenvalue weighted by Gasteiger charge is 2.22. The minimum atomic E-state index is -1.62. The summed E-state index contributed by atoms with van der Waals surface area (Å²) in [5.41, 5.74) is 10.3. The van der Waals surface area contributed by atoms with E-state index in [9.17, 15) is 14.4 Å². The fraction of sp³-hybridized carbons (Fsp3) is 0.571. The molecule has 0 saturated carbocycles. The van der Waals surface area contributed by atoms with E-state index < -0.39 is 29.8 Å². The lowest BCUT2D eigenvalue weighted by molar-refractivity contribution is -0.149. The van der Waals surface area contributed by atoms with Crippen molar-refractivity contribution in [3.8, 4) is 0 Å². The first kappa shape index (κ1) is 12.5. The van der Waals surface area contributed by atoms with Crippen LogP contribution in [0.25, 0.3) is 0 Å². The zero-order valence-electron chi connectivity index (χ0n) is 7.34. The van der Waals surface area contributed by atoms with E-state index in [4.69, 9.17) is 21.7 Å². The number of aliphatic carboxylic acids is 2. The molecule has 2 atom stereocenters. The Morgan fingerprint density at radius 1 is 1.00 bits per heavy atom. The van der Waals surface area contributed by atoms with Crippen LogP contribution in [0.5, 0.6) is 0 Å². The third kappa shape index (κ3) is 3.97. The van der Waals surface area contributed by atoms with Gasteiger partial charge in [0.05, 0.1) is 6.04 Å². The molecule has 0 aromatic carbocycles. The molecule has 14 heavy (non-hydrogen) atoms. The van der Waals surface area contributed by atoms with E-state index in [1.54, 1.807) is 0 Å². The molecule has 7 nitrogen and oxygen atoms in total. The van der Waals surface area contributed by atoms with Crippen LogP contribution >= 0.6 is 0 Å². The lowest BCUT2D eigenvalue weighted by Gasteiger charge is -2.09. The Hall–Kier alpha value is -1.47. The molecule has 7 heteroatoms. The molecule has 0 aromatic heterocycles. The summed E-state index contributed by atoms with van der Waals surface area (Å²) in [7, 11) is 0. The molecular formula is C7H12N2O5. The molecule has 0 aromatic rings. The van der Waals surface area contributed by atoms with Crippen LogP contribution in [0.1, 0.15) is 12.8 Å². The number of ketones is 1. The molecule has 0 aliphatic carbocycles. The fourth-order valence-electron chi connectivity index (χ4n) is 0.772. The summed E-state index contributed by atoms with van der Waals surface area (Å²) in [4.78, 5) is 31.1. The first-order valence-electron chi connectivity index (χ1n) is 3.87. The standard InChI is InChI=1S/C7H12N2O5/c8-3(5(10)7(13)14)1-2-4(9)6(11)12/h3-4H,1-2,8-9H2,(H,11,12)(H,13,14). The van der Waals surface area contributed by atoms with Crippen molar-refractivity contribution in [2.75, 3.05) is 0 Å². The third-order valence-corrected chi connectivity index (χ3v) is 1.65. The van der Waals surface area contributed by atoms with Gasteiger partial charge in [-0.15, -0.1) is 0 Å². The van der Waals surface area contributed by atoms with Gasteiger partial charge in [0.2, 0.25) is 0 Å². The van der Waals surface area contributed by atoms with E-state index in [0.29, 0.717) is 0 Å². The van der Waals surface area contributed by atoms with E-state index >= 15 is 0 Å². The van der Waals surface area contributed by atoms with Gasteiger partial charge in [0.15, 0.2) is 0 Å². The van der Waals surface area contributed by atoms with Crippen LogP contribution in [0.4, 0.5) is 0 Å². The molecule has 0 aliphatic rings. The van der Waals surface area contributed by atoms with E-state index in [-0.39, 0.29) is 12.8 Å². The summed E-state index contributed by atoms with van der Waals surface area (Å²) in [5.74, 6) is -3.97. The lowest BCUT2D eigenvalue weighted by atomic mass is 10.0. The van der Waals surface area contributed by atoms with Crippen molar-refractivity contribution in [1.29, 1.82) is 0 Å². The number of carbonyl (C=O) groups is 3. The van der Waals surface area contributed by atoms with E-state index in [1.807, 2.05) is 0 Å². The summed E-state index contributed by atoms with van der Waals surface area (Å²) >= 11 is 0. The SMILES string of the molecule is NC(CCC(N)C(=O)C(=O)O)C(=O)O. The Kier molecular flexibility index (Phi) is 4.74. The highest BCUT2D eigenvalue weighted by atomic mass is 16.4. The van der Waals surface area contributed by atoms with Gasteiger partial charge in [-0.05, 0) is 12.8 Å². The Morgan fingerprint density at radius 2 is 1.43 bits per heavy atom. The fourth-order valence-corrected chi connectivity index (χ4v) is 0.772. The maximum absolute atomic E-state index is 10.7. The number of nitrogens with two attached hydrogens (primary N) is 2. The van der Waals surface area contributed by atoms with Gasteiger partial charge >= 0.3 is 11.9 Å². The maximum Gasteiger partial charge on any atom is 0.373 e. The van der Waals surface area contributed by atoms with Gasteiger partial charge in [0, 0.05) is 0 Å². The highest BCUT2D eigenvalue weighted by Crippen LogP contribution is 1.99. The van der Waals surface area contributed by atoms with Gasteiger partial charge in [-0.2, -0.15) is 0 Å². The van der Waals surface area contributed by atoms with Crippen LogP contribution in [0.2, 0.25) is 0 Å². The maximum atomic E-state index is 10.7. The molecule has 0 fully saturated rings. The number of hydrogen-bond donors (Lipinski definition) is 4. The van der Waals surface area contributed by atoms with Crippen LogP contribution in [-0.4, -0.2) is 40.0 Å². The Balaban J connectivity index is 3.96. The second-order valence-corrected chi connectivity index (χ2v) is 2.80. The molecule has 0 bridgehead atoms. The van der Waals surface area contributed by atoms with Crippen LogP contribution in [0, 0.1) is 0 Å². The van der Waals surface area contributed by atoms with Crippen molar-refractivity contribution < 1.29 is 24.6 Å². The minimum absolute atomic E-state index is 0.0322. The van der Waals surface area contributed by atoms with Crippen molar-refractivity contribution in [2.45, 2.75) is 24.9 Å². The first-order chi connectivity index (χ1) is 6.36. The summed E-state index contributed by atoms with van der Waals surface area (Å²) in [6, 6.07) is -2.32. The molecule has 0 saturated heterocycles. The molecule has 6 N–H and O–H groups in total. The second kappa shape index (κ2) is 5.30. The number of Topliss-reactive ketones (excluding diaryl/α,β-unsaturated/α-hetero) is 1. The molecule has 0 radical (unpaired) electrons. The van der Waals surface area contributed by atoms with Gasteiger partial charge in [-0.3, -0.25) is 9.59 Å². The third-order valence-electron chi connectivity index (χ3n) is 1.65. The highest BCUT2D eigenvalue weighted by molar-refractivity contribution is 6.34. The lowest BCUT2D eigenvalue weighted by Crippen LogP contribution is -2.38. The number of carbonyl (C=O) groups excluding carboxylic acids is 1. The van der Waals surface area contributed by atoms with Gasteiger partial charge < -0.3 is 21.7 Å². The molecule has 0 spiro atoms. The topological polar surface area (TPSA) is 144 Å². The summed E-state index contributed by atoms with van der Waals surface area (Å²) in [5, 5.41) is 16.6. The summed E-state index contributed by atoms with van der Waals surface area (Å²) in [6.07, 6.45) is -0.0892. The monoisotopic (exact) mass is 204 g/mol. The van der Waals surface area contributed by atoms with E-state index in [2.05, 4.69) is 0 Å².